The third-order valence-corrected chi connectivity index (χ3v) is 2.89. The van der Waals surface area contributed by atoms with Crippen LogP contribution in [0.25, 0.3) is 0 Å². The second kappa shape index (κ2) is 7.75. The Bertz CT molecular complexity index is 477. The number of carbonyl (C=O) groups is 2. The smallest absolute Gasteiger partial charge is 0.326 e. The number of carboxylic acids is 1. The molecule has 20 heavy (non-hydrogen) atoms. The fourth-order valence-electron chi connectivity index (χ4n) is 1.73. The van der Waals surface area contributed by atoms with Crippen molar-refractivity contribution < 1.29 is 14.7 Å². The molecule has 0 fully saturated rings. The van der Waals surface area contributed by atoms with Crippen molar-refractivity contribution in [1.82, 2.24) is 10.6 Å². The third kappa shape index (κ3) is 5.93. The minimum atomic E-state index is -1.03. The van der Waals surface area contributed by atoms with E-state index < -0.39 is 18.0 Å². The minimum absolute atomic E-state index is 0.185. The molecule has 0 aliphatic carbocycles. The number of hydrogen-bond acceptors (Lipinski definition) is 2. The van der Waals surface area contributed by atoms with Crippen LogP contribution in [0.4, 0.5) is 4.79 Å². The molecule has 2 amide bonds. The molecule has 0 saturated heterocycles. The molecule has 5 nitrogen and oxygen atoms in total. The van der Waals surface area contributed by atoms with E-state index in [0.29, 0.717) is 18.0 Å². The van der Waals surface area contributed by atoms with Crippen LogP contribution >= 0.6 is 11.6 Å². The zero-order chi connectivity index (χ0) is 15.1. The Labute approximate surface area is 123 Å². The minimum Gasteiger partial charge on any atom is -0.480 e. The second-order valence-corrected chi connectivity index (χ2v) is 5.41. The maximum Gasteiger partial charge on any atom is 0.326 e. The molecule has 1 rings (SSSR count). The fourth-order valence-corrected chi connectivity index (χ4v) is 1.94. The summed E-state index contributed by atoms with van der Waals surface area (Å²) in [4.78, 5) is 22.7. The van der Waals surface area contributed by atoms with Crippen molar-refractivity contribution in [3.63, 3.8) is 0 Å². The van der Waals surface area contributed by atoms with Gasteiger partial charge in [-0.15, -0.1) is 0 Å². The molecular weight excluding hydrogens is 280 g/mol. The SMILES string of the molecule is CC(C)C[C@@H](NC(=O)NCc1cccc(Cl)c1)C(=O)O. The van der Waals surface area contributed by atoms with Crippen molar-refractivity contribution in [2.75, 3.05) is 0 Å². The number of urea groups is 1. The molecule has 1 aromatic carbocycles. The number of amides is 2. The van der Waals surface area contributed by atoms with Crippen LogP contribution in [-0.2, 0) is 11.3 Å². The lowest BCUT2D eigenvalue weighted by atomic mass is 10.0. The summed E-state index contributed by atoms with van der Waals surface area (Å²) >= 11 is 5.84. The Hall–Kier alpha value is -1.75. The van der Waals surface area contributed by atoms with Gasteiger partial charge in [-0.3, -0.25) is 0 Å². The molecule has 0 aliphatic heterocycles. The topological polar surface area (TPSA) is 78.4 Å². The van der Waals surface area contributed by atoms with Crippen molar-refractivity contribution in [3.8, 4) is 0 Å². The first-order chi connectivity index (χ1) is 9.38. The number of hydrogen-bond donors (Lipinski definition) is 3. The van der Waals surface area contributed by atoms with Gasteiger partial charge in [0.15, 0.2) is 0 Å². The molecule has 1 atom stereocenters. The van der Waals surface area contributed by atoms with E-state index in [4.69, 9.17) is 16.7 Å². The fraction of sp³-hybridized carbons (Fsp3) is 0.429. The average Bonchev–Trinajstić information content (AvgIpc) is 2.35. The molecule has 0 aromatic heterocycles. The maximum absolute atomic E-state index is 11.7. The normalized spacial score (nSPS) is 12.0. The summed E-state index contributed by atoms with van der Waals surface area (Å²) in [6, 6.07) is 5.72. The average molecular weight is 299 g/mol. The number of aliphatic carboxylic acids is 1. The second-order valence-electron chi connectivity index (χ2n) is 4.98. The van der Waals surface area contributed by atoms with Gasteiger partial charge in [-0.1, -0.05) is 37.6 Å². The Morgan fingerprint density at radius 2 is 2.05 bits per heavy atom. The Balaban J connectivity index is 2.47. The van der Waals surface area contributed by atoms with Crippen molar-refractivity contribution in [1.29, 1.82) is 0 Å². The summed E-state index contributed by atoms with van der Waals surface area (Å²) in [6.45, 7) is 4.10. The highest BCUT2D eigenvalue weighted by Crippen LogP contribution is 2.10. The highest BCUT2D eigenvalue weighted by atomic mass is 35.5. The van der Waals surface area contributed by atoms with E-state index in [0.717, 1.165) is 5.56 Å². The molecule has 3 N–H and O–H groups in total. The highest BCUT2D eigenvalue weighted by molar-refractivity contribution is 6.30. The van der Waals surface area contributed by atoms with E-state index in [1.807, 2.05) is 19.9 Å². The largest absolute Gasteiger partial charge is 0.480 e. The maximum atomic E-state index is 11.7. The predicted octanol–water partition coefficient (Wildman–Crippen LogP) is 2.64. The number of benzene rings is 1. The Kier molecular flexibility index (Phi) is 6.31. The first-order valence-electron chi connectivity index (χ1n) is 6.40. The zero-order valence-corrected chi connectivity index (χ0v) is 12.3. The molecule has 1 aromatic rings. The summed E-state index contributed by atoms with van der Waals surface area (Å²) in [5.74, 6) is -0.846. The van der Waals surface area contributed by atoms with Gasteiger partial charge in [0.25, 0.3) is 0 Å². The first kappa shape index (κ1) is 16.3. The number of carboxylic acid groups (broad SMARTS) is 1. The molecular formula is C14H19ClN2O3. The molecule has 0 unspecified atom stereocenters. The van der Waals surface area contributed by atoms with Gasteiger partial charge in [-0.25, -0.2) is 9.59 Å². The van der Waals surface area contributed by atoms with E-state index >= 15 is 0 Å². The molecule has 0 aliphatic rings. The summed E-state index contributed by atoms with van der Waals surface area (Å²) in [5.41, 5.74) is 0.850. The van der Waals surface area contributed by atoms with Crippen molar-refractivity contribution in [2.24, 2.45) is 5.92 Å². The Morgan fingerprint density at radius 1 is 1.35 bits per heavy atom. The molecule has 0 bridgehead atoms. The first-order valence-corrected chi connectivity index (χ1v) is 6.78. The standard InChI is InChI=1S/C14H19ClN2O3/c1-9(2)6-12(13(18)19)17-14(20)16-8-10-4-3-5-11(15)7-10/h3-5,7,9,12H,6,8H2,1-2H3,(H,18,19)(H2,16,17,20)/t12-/m1/s1. The summed E-state index contributed by atoms with van der Waals surface area (Å²) < 4.78 is 0. The van der Waals surface area contributed by atoms with Crippen LogP contribution in [0.5, 0.6) is 0 Å². The van der Waals surface area contributed by atoms with Gasteiger partial charge in [0, 0.05) is 11.6 Å². The van der Waals surface area contributed by atoms with Crippen LogP contribution in [0, 0.1) is 5.92 Å². The van der Waals surface area contributed by atoms with Crippen LogP contribution in [0.15, 0.2) is 24.3 Å². The van der Waals surface area contributed by atoms with Gasteiger partial charge < -0.3 is 15.7 Å². The molecule has 0 heterocycles. The molecule has 0 saturated carbocycles. The van der Waals surface area contributed by atoms with E-state index in [1.165, 1.54) is 0 Å². The monoisotopic (exact) mass is 298 g/mol. The van der Waals surface area contributed by atoms with Gasteiger partial charge in [-0.2, -0.15) is 0 Å². The third-order valence-electron chi connectivity index (χ3n) is 2.65. The van der Waals surface area contributed by atoms with Crippen LogP contribution in [-0.4, -0.2) is 23.1 Å². The van der Waals surface area contributed by atoms with Crippen molar-refractivity contribution in [3.05, 3.63) is 34.9 Å². The zero-order valence-electron chi connectivity index (χ0n) is 11.5. The lowest BCUT2D eigenvalue weighted by molar-refractivity contribution is -0.139. The van der Waals surface area contributed by atoms with Gasteiger partial charge in [0.1, 0.15) is 6.04 Å². The van der Waals surface area contributed by atoms with Crippen LogP contribution < -0.4 is 10.6 Å². The van der Waals surface area contributed by atoms with Crippen molar-refractivity contribution in [2.45, 2.75) is 32.9 Å². The number of carbonyl (C=O) groups excluding carboxylic acids is 1. The van der Waals surface area contributed by atoms with E-state index in [9.17, 15) is 9.59 Å². The van der Waals surface area contributed by atoms with E-state index in [-0.39, 0.29) is 5.92 Å². The molecule has 0 spiro atoms. The lowest BCUT2D eigenvalue weighted by Gasteiger charge is -2.17. The molecule has 0 radical (unpaired) electrons. The summed E-state index contributed by atoms with van der Waals surface area (Å²) in [5, 5.41) is 14.7. The highest BCUT2D eigenvalue weighted by Gasteiger charge is 2.20. The quantitative estimate of drug-likeness (QED) is 0.755. The lowest BCUT2D eigenvalue weighted by Crippen LogP contribution is -2.46. The van der Waals surface area contributed by atoms with Gasteiger partial charge in [0.2, 0.25) is 0 Å². The Morgan fingerprint density at radius 3 is 2.60 bits per heavy atom. The summed E-state index contributed by atoms with van der Waals surface area (Å²) in [7, 11) is 0. The van der Waals surface area contributed by atoms with Gasteiger partial charge in [-0.05, 0) is 30.0 Å². The van der Waals surface area contributed by atoms with Crippen molar-refractivity contribution >= 4 is 23.6 Å². The van der Waals surface area contributed by atoms with Crippen LogP contribution in [0.1, 0.15) is 25.8 Å². The van der Waals surface area contributed by atoms with Crippen LogP contribution in [0.3, 0.4) is 0 Å². The molecule has 6 heteroatoms. The van der Waals surface area contributed by atoms with E-state index in [2.05, 4.69) is 10.6 Å². The van der Waals surface area contributed by atoms with Crippen LogP contribution in [0.2, 0.25) is 5.02 Å². The number of halogens is 1. The molecule has 110 valence electrons. The van der Waals surface area contributed by atoms with E-state index in [1.54, 1.807) is 18.2 Å². The predicted molar refractivity (Wildman–Crippen MR) is 77.7 cm³/mol. The number of rotatable bonds is 6. The van der Waals surface area contributed by atoms with Gasteiger partial charge >= 0.3 is 12.0 Å². The van der Waals surface area contributed by atoms with Gasteiger partial charge in [0.05, 0.1) is 0 Å². The summed E-state index contributed by atoms with van der Waals surface area (Å²) in [6.07, 6.45) is 0.389. The number of nitrogens with one attached hydrogen (secondary N) is 2.